The number of sulfonamides is 1. The highest BCUT2D eigenvalue weighted by atomic mass is 32.2. The molecule has 2 rings (SSSR count). The molecule has 6 heteroatoms. The number of aryl methyl sites for hydroxylation is 1. The largest absolute Gasteiger partial charge is 0.335 e. The monoisotopic (exact) mass is 350 g/mol. The van der Waals surface area contributed by atoms with E-state index in [4.69, 9.17) is 0 Å². The summed E-state index contributed by atoms with van der Waals surface area (Å²) in [7, 11) is -3.82. The molecular weight excluding hydrogens is 324 g/mol. The molecule has 0 spiro atoms. The van der Waals surface area contributed by atoms with E-state index in [1.54, 1.807) is 6.92 Å². The van der Waals surface area contributed by atoms with Crippen molar-refractivity contribution in [3.8, 4) is 0 Å². The fourth-order valence-electron chi connectivity index (χ4n) is 2.91. The highest BCUT2D eigenvalue weighted by Gasteiger charge is 2.18. The minimum atomic E-state index is -3.82. The van der Waals surface area contributed by atoms with Crippen molar-refractivity contribution in [1.29, 1.82) is 0 Å². The third kappa shape index (κ3) is 6.00. The second-order valence-corrected chi connectivity index (χ2v) is 8.01. The molecule has 1 saturated carbocycles. The van der Waals surface area contributed by atoms with Crippen molar-refractivity contribution in [3.63, 3.8) is 0 Å². The van der Waals surface area contributed by atoms with Crippen LogP contribution in [0.25, 0.3) is 5.57 Å². The van der Waals surface area contributed by atoms with Crippen LogP contribution >= 0.6 is 0 Å². The zero-order valence-corrected chi connectivity index (χ0v) is 15.2. The lowest BCUT2D eigenvalue weighted by Gasteiger charge is -2.16. The van der Waals surface area contributed by atoms with E-state index >= 15 is 0 Å². The Labute approximate surface area is 144 Å². The van der Waals surface area contributed by atoms with Gasteiger partial charge in [-0.3, -0.25) is 0 Å². The van der Waals surface area contributed by atoms with Gasteiger partial charge in [0.05, 0.1) is 5.41 Å². The van der Waals surface area contributed by atoms with Crippen LogP contribution in [0.5, 0.6) is 0 Å². The molecule has 24 heavy (non-hydrogen) atoms. The number of allylic oxidation sites excluding steroid dienone is 1. The fraction of sp³-hybridized carbons (Fsp3) is 0.500. The summed E-state index contributed by atoms with van der Waals surface area (Å²) in [6.07, 6.45) is 6.32. The summed E-state index contributed by atoms with van der Waals surface area (Å²) >= 11 is 0. The Balaban J connectivity index is 1.97. The molecule has 1 aliphatic carbocycles. The summed E-state index contributed by atoms with van der Waals surface area (Å²) in [6.45, 7) is 3.69. The Morgan fingerprint density at radius 1 is 1.08 bits per heavy atom. The highest BCUT2D eigenvalue weighted by molar-refractivity contribution is 7.93. The van der Waals surface area contributed by atoms with Gasteiger partial charge in [-0.15, -0.1) is 0 Å². The van der Waals surface area contributed by atoms with Crippen LogP contribution in [0.4, 0.5) is 4.79 Å². The van der Waals surface area contributed by atoms with Gasteiger partial charge in [0, 0.05) is 6.04 Å². The quantitative estimate of drug-likeness (QED) is 0.813. The fourth-order valence-corrected chi connectivity index (χ4v) is 3.89. The van der Waals surface area contributed by atoms with Gasteiger partial charge in [0.1, 0.15) is 0 Å². The Kier molecular flexibility index (Phi) is 6.43. The second kappa shape index (κ2) is 8.33. The van der Waals surface area contributed by atoms with Gasteiger partial charge >= 0.3 is 6.03 Å². The SMILES string of the molecule is C/C(=C\S(=O)(=O)NC(=O)NC1CCCCCC1)c1ccc(C)cc1. The summed E-state index contributed by atoms with van der Waals surface area (Å²) in [5.74, 6) is 0. The number of amides is 2. The Bertz CT molecular complexity index is 685. The molecule has 0 aromatic heterocycles. The topological polar surface area (TPSA) is 75.3 Å². The summed E-state index contributed by atoms with van der Waals surface area (Å²) in [5, 5.41) is 3.88. The summed E-state index contributed by atoms with van der Waals surface area (Å²) < 4.78 is 26.4. The molecular formula is C18H26N2O3S. The molecule has 0 radical (unpaired) electrons. The predicted molar refractivity (Wildman–Crippen MR) is 96.9 cm³/mol. The van der Waals surface area contributed by atoms with Gasteiger partial charge in [-0.25, -0.2) is 17.9 Å². The van der Waals surface area contributed by atoms with Gasteiger partial charge in [0.2, 0.25) is 0 Å². The van der Waals surface area contributed by atoms with Crippen LogP contribution in [0.3, 0.4) is 0 Å². The normalized spacial score (nSPS) is 17.2. The number of carbonyl (C=O) groups excluding carboxylic acids is 1. The molecule has 0 heterocycles. The van der Waals surface area contributed by atoms with E-state index in [-0.39, 0.29) is 6.04 Å². The maximum absolute atomic E-state index is 12.2. The van der Waals surface area contributed by atoms with Crippen molar-refractivity contribution in [2.75, 3.05) is 0 Å². The first-order valence-electron chi connectivity index (χ1n) is 8.44. The lowest BCUT2D eigenvalue weighted by Crippen LogP contribution is -2.43. The summed E-state index contributed by atoms with van der Waals surface area (Å²) in [4.78, 5) is 12.0. The molecule has 0 saturated heterocycles. The molecule has 2 amide bonds. The van der Waals surface area contributed by atoms with E-state index in [9.17, 15) is 13.2 Å². The van der Waals surface area contributed by atoms with Gasteiger partial charge < -0.3 is 5.32 Å². The predicted octanol–water partition coefficient (Wildman–Crippen LogP) is 3.71. The third-order valence-electron chi connectivity index (χ3n) is 4.26. The molecule has 1 fully saturated rings. The van der Waals surface area contributed by atoms with Crippen molar-refractivity contribution in [3.05, 3.63) is 40.8 Å². The summed E-state index contributed by atoms with van der Waals surface area (Å²) in [5.41, 5.74) is 2.51. The van der Waals surface area contributed by atoms with E-state index in [2.05, 4.69) is 10.0 Å². The van der Waals surface area contributed by atoms with Crippen molar-refractivity contribution in [2.45, 2.75) is 58.4 Å². The van der Waals surface area contributed by atoms with Crippen LogP contribution in [0.15, 0.2) is 29.7 Å². The standard InChI is InChI=1S/C18H26N2O3S/c1-14-9-11-16(12-10-14)15(2)13-24(22,23)20-18(21)19-17-7-5-3-4-6-8-17/h9-13,17H,3-8H2,1-2H3,(H2,19,20,21)/b15-13+. The highest BCUT2D eigenvalue weighted by Crippen LogP contribution is 2.17. The number of hydrogen-bond acceptors (Lipinski definition) is 3. The van der Waals surface area contributed by atoms with Crippen molar-refractivity contribution < 1.29 is 13.2 Å². The lowest BCUT2D eigenvalue weighted by atomic mass is 10.1. The van der Waals surface area contributed by atoms with Crippen molar-refractivity contribution in [1.82, 2.24) is 10.0 Å². The first-order valence-corrected chi connectivity index (χ1v) is 9.99. The van der Waals surface area contributed by atoms with E-state index < -0.39 is 16.1 Å². The minimum absolute atomic E-state index is 0.0601. The van der Waals surface area contributed by atoms with E-state index in [1.807, 2.05) is 31.2 Å². The summed E-state index contributed by atoms with van der Waals surface area (Å²) in [6, 6.07) is 6.99. The first-order chi connectivity index (χ1) is 11.4. The molecule has 0 atom stereocenters. The van der Waals surface area contributed by atoms with E-state index in [0.29, 0.717) is 5.57 Å². The molecule has 1 aromatic carbocycles. The van der Waals surface area contributed by atoms with Crippen LogP contribution < -0.4 is 10.0 Å². The number of urea groups is 1. The molecule has 0 aliphatic heterocycles. The zero-order chi connectivity index (χ0) is 17.6. The van der Waals surface area contributed by atoms with Crippen molar-refractivity contribution >= 4 is 21.6 Å². The Morgan fingerprint density at radius 2 is 1.67 bits per heavy atom. The smallest absolute Gasteiger partial charge is 0.328 e. The van der Waals surface area contributed by atoms with Gasteiger partial charge in [0.25, 0.3) is 10.0 Å². The number of rotatable bonds is 4. The average Bonchev–Trinajstić information content (AvgIpc) is 2.75. The molecule has 1 aromatic rings. The molecule has 1 aliphatic rings. The average molecular weight is 350 g/mol. The van der Waals surface area contributed by atoms with Gasteiger partial charge in [-0.1, -0.05) is 55.5 Å². The molecule has 132 valence electrons. The van der Waals surface area contributed by atoms with Crippen LogP contribution in [0.2, 0.25) is 0 Å². The maximum atomic E-state index is 12.2. The van der Waals surface area contributed by atoms with Gasteiger partial charge in [-0.2, -0.15) is 0 Å². The number of nitrogens with one attached hydrogen (secondary N) is 2. The third-order valence-corrected chi connectivity index (χ3v) is 5.40. The van der Waals surface area contributed by atoms with Crippen molar-refractivity contribution in [2.24, 2.45) is 0 Å². The van der Waals surface area contributed by atoms with Crippen LogP contribution in [0, 0.1) is 6.92 Å². The first kappa shape index (κ1) is 18.5. The molecule has 5 nitrogen and oxygen atoms in total. The number of benzene rings is 1. The number of hydrogen-bond donors (Lipinski definition) is 2. The van der Waals surface area contributed by atoms with E-state index in [1.165, 1.54) is 12.8 Å². The van der Waals surface area contributed by atoms with Crippen LogP contribution in [-0.4, -0.2) is 20.5 Å². The Morgan fingerprint density at radius 3 is 2.25 bits per heavy atom. The second-order valence-electron chi connectivity index (χ2n) is 6.48. The lowest BCUT2D eigenvalue weighted by molar-refractivity contribution is 0.240. The van der Waals surface area contributed by atoms with Gasteiger partial charge in [0.15, 0.2) is 0 Å². The van der Waals surface area contributed by atoms with Crippen LogP contribution in [0.1, 0.15) is 56.6 Å². The number of carbonyl (C=O) groups is 1. The van der Waals surface area contributed by atoms with E-state index in [0.717, 1.165) is 42.2 Å². The zero-order valence-electron chi connectivity index (χ0n) is 14.3. The molecule has 0 unspecified atom stereocenters. The maximum Gasteiger partial charge on any atom is 0.328 e. The Hall–Kier alpha value is -1.82. The molecule has 2 N–H and O–H groups in total. The van der Waals surface area contributed by atoms with Crippen LogP contribution in [-0.2, 0) is 10.0 Å². The molecule has 0 bridgehead atoms. The minimum Gasteiger partial charge on any atom is -0.335 e. The van der Waals surface area contributed by atoms with Gasteiger partial charge in [-0.05, 0) is 37.8 Å².